The van der Waals surface area contributed by atoms with Crippen LogP contribution in [0.2, 0.25) is 0 Å². The van der Waals surface area contributed by atoms with Crippen LogP contribution in [0.5, 0.6) is 0 Å². The Bertz CT molecular complexity index is 712. The molecule has 1 aliphatic heterocycles. The molecule has 1 atom stereocenters. The van der Waals surface area contributed by atoms with Crippen molar-refractivity contribution in [2.75, 3.05) is 27.7 Å². The van der Waals surface area contributed by atoms with Gasteiger partial charge >= 0.3 is 0 Å². The maximum Gasteiger partial charge on any atom is 0.264 e. The van der Waals surface area contributed by atoms with Crippen molar-refractivity contribution < 1.29 is 18.7 Å². The molecule has 1 aromatic rings. The molecule has 1 aromatic carbocycles. The highest BCUT2D eigenvalue weighted by Crippen LogP contribution is 2.32. The van der Waals surface area contributed by atoms with Gasteiger partial charge in [-0.3, -0.25) is 9.80 Å². The van der Waals surface area contributed by atoms with Crippen LogP contribution in [0.25, 0.3) is 0 Å². The average Bonchev–Trinajstić information content (AvgIpc) is 2.83. The second-order valence-corrected chi connectivity index (χ2v) is 6.04. The van der Waals surface area contributed by atoms with Crippen LogP contribution in [0.3, 0.4) is 0 Å². The lowest BCUT2D eigenvalue weighted by Gasteiger charge is -2.34. The Morgan fingerprint density at radius 3 is 2.85 bits per heavy atom. The average molecular weight is 368 g/mol. The van der Waals surface area contributed by atoms with Crippen molar-refractivity contribution >= 4 is 18.6 Å². The standard InChI is InChI=1S/C16H22F2N6O2/c1-22(2)11-20-21-15(25)5-4-8-24-10-19-16(26,23(24)3)13-7-6-12(17)9-14(13)18/h6-7,9-11,26H,4-5,8H2,1-3H3,(H,21,25). The molecule has 0 saturated heterocycles. The number of benzene rings is 1. The van der Waals surface area contributed by atoms with Gasteiger partial charge in [-0.25, -0.2) is 19.2 Å². The van der Waals surface area contributed by atoms with Crippen LogP contribution in [0, 0.1) is 11.6 Å². The Morgan fingerprint density at radius 1 is 1.46 bits per heavy atom. The summed E-state index contributed by atoms with van der Waals surface area (Å²) < 4.78 is 27.1. The third-order valence-electron chi connectivity index (χ3n) is 3.77. The third-order valence-corrected chi connectivity index (χ3v) is 3.77. The minimum absolute atomic E-state index is 0.157. The summed E-state index contributed by atoms with van der Waals surface area (Å²) in [6.07, 6.45) is 3.50. The second-order valence-electron chi connectivity index (χ2n) is 6.04. The predicted octanol–water partition coefficient (Wildman–Crippen LogP) is 0.659. The lowest BCUT2D eigenvalue weighted by atomic mass is 10.1. The lowest BCUT2D eigenvalue weighted by Crippen LogP contribution is -2.47. The molecule has 2 rings (SSSR count). The Balaban J connectivity index is 1.90. The summed E-state index contributed by atoms with van der Waals surface area (Å²) in [6.45, 7) is 0.371. The number of carbonyl (C=O) groups excluding carboxylic acids is 1. The van der Waals surface area contributed by atoms with Gasteiger partial charge in [-0.1, -0.05) is 0 Å². The quantitative estimate of drug-likeness (QED) is 0.420. The third kappa shape index (κ3) is 4.52. The van der Waals surface area contributed by atoms with Crippen molar-refractivity contribution in [1.82, 2.24) is 20.3 Å². The van der Waals surface area contributed by atoms with Crippen LogP contribution in [-0.4, -0.2) is 66.3 Å². The number of hydrazine groups is 1. The van der Waals surface area contributed by atoms with Crippen LogP contribution in [0.4, 0.5) is 8.78 Å². The normalized spacial score (nSPS) is 20.2. The maximum absolute atomic E-state index is 14.0. The fourth-order valence-corrected chi connectivity index (χ4v) is 2.37. The summed E-state index contributed by atoms with van der Waals surface area (Å²) in [7, 11) is 5.09. The molecule has 0 saturated carbocycles. The van der Waals surface area contributed by atoms with Crippen molar-refractivity contribution in [2.24, 2.45) is 10.1 Å². The van der Waals surface area contributed by atoms with Gasteiger partial charge in [0.1, 0.15) is 24.3 Å². The van der Waals surface area contributed by atoms with Gasteiger partial charge in [0.25, 0.3) is 5.85 Å². The zero-order valence-electron chi connectivity index (χ0n) is 14.9. The minimum atomic E-state index is -1.96. The monoisotopic (exact) mass is 368 g/mol. The highest BCUT2D eigenvalue weighted by atomic mass is 19.1. The van der Waals surface area contributed by atoms with Crippen LogP contribution in [0.15, 0.2) is 28.3 Å². The molecule has 142 valence electrons. The molecule has 1 unspecified atom stereocenters. The number of carbonyl (C=O) groups is 1. The van der Waals surface area contributed by atoms with E-state index in [-0.39, 0.29) is 17.9 Å². The number of aliphatic hydroxyl groups is 1. The SMILES string of the molecule is CN(C)C=NNC(=O)CCCN1C=NC(O)(c2ccc(F)cc2F)N1C. The number of amides is 1. The number of aliphatic imine (C=N–C) groups is 1. The van der Waals surface area contributed by atoms with Crippen molar-refractivity contribution in [2.45, 2.75) is 18.7 Å². The van der Waals surface area contributed by atoms with E-state index in [2.05, 4.69) is 15.5 Å². The molecular weight excluding hydrogens is 346 g/mol. The molecule has 26 heavy (non-hydrogen) atoms. The largest absolute Gasteiger partial charge is 0.367 e. The van der Waals surface area contributed by atoms with Crippen LogP contribution in [-0.2, 0) is 10.6 Å². The van der Waals surface area contributed by atoms with Gasteiger partial charge < -0.3 is 10.0 Å². The van der Waals surface area contributed by atoms with Gasteiger partial charge in [0.2, 0.25) is 5.91 Å². The summed E-state index contributed by atoms with van der Waals surface area (Å²) in [4.78, 5) is 17.3. The lowest BCUT2D eigenvalue weighted by molar-refractivity contribution is -0.155. The highest BCUT2D eigenvalue weighted by Gasteiger charge is 2.42. The Kier molecular flexibility index (Phi) is 6.22. The van der Waals surface area contributed by atoms with E-state index in [1.165, 1.54) is 24.7 Å². The number of hydrogen-bond donors (Lipinski definition) is 2. The topological polar surface area (TPSA) is 83.8 Å². The summed E-state index contributed by atoms with van der Waals surface area (Å²) >= 11 is 0. The summed E-state index contributed by atoms with van der Waals surface area (Å²) in [5.74, 6) is -3.84. The molecule has 0 aliphatic carbocycles. The number of hydrogen-bond acceptors (Lipinski definition) is 6. The zero-order valence-corrected chi connectivity index (χ0v) is 14.9. The van der Waals surface area contributed by atoms with Gasteiger partial charge in [0.05, 0.1) is 5.56 Å². The molecule has 1 aliphatic rings. The maximum atomic E-state index is 14.0. The van der Waals surface area contributed by atoms with Crippen LogP contribution < -0.4 is 5.43 Å². The number of rotatable bonds is 7. The molecule has 0 fully saturated rings. The summed E-state index contributed by atoms with van der Waals surface area (Å²) in [5, 5.41) is 17.3. The summed E-state index contributed by atoms with van der Waals surface area (Å²) in [6, 6.07) is 2.90. The first-order valence-corrected chi connectivity index (χ1v) is 7.96. The van der Waals surface area contributed by atoms with E-state index in [1.54, 1.807) is 24.0 Å². The number of nitrogens with zero attached hydrogens (tertiary/aromatic N) is 5. The molecule has 0 radical (unpaired) electrons. The molecule has 0 spiro atoms. The molecule has 1 heterocycles. The molecule has 1 amide bonds. The van der Waals surface area contributed by atoms with Crippen molar-refractivity contribution in [1.29, 1.82) is 0 Å². The zero-order chi connectivity index (χ0) is 19.3. The number of hydrazone groups is 1. The molecule has 10 heteroatoms. The van der Waals surface area contributed by atoms with Crippen molar-refractivity contribution in [3.05, 3.63) is 35.4 Å². The first kappa shape index (κ1) is 19.7. The van der Waals surface area contributed by atoms with E-state index >= 15 is 0 Å². The van der Waals surface area contributed by atoms with E-state index in [1.807, 2.05) is 0 Å². The van der Waals surface area contributed by atoms with E-state index in [9.17, 15) is 18.7 Å². The van der Waals surface area contributed by atoms with Gasteiger partial charge in [-0.2, -0.15) is 10.1 Å². The highest BCUT2D eigenvalue weighted by molar-refractivity contribution is 5.76. The molecule has 2 N–H and O–H groups in total. The fourth-order valence-electron chi connectivity index (χ4n) is 2.37. The van der Waals surface area contributed by atoms with E-state index in [0.29, 0.717) is 19.0 Å². The molecular formula is C16H22F2N6O2. The Morgan fingerprint density at radius 2 is 2.19 bits per heavy atom. The van der Waals surface area contributed by atoms with Crippen LogP contribution >= 0.6 is 0 Å². The van der Waals surface area contributed by atoms with Crippen LogP contribution in [0.1, 0.15) is 18.4 Å². The summed E-state index contributed by atoms with van der Waals surface area (Å²) in [5.41, 5.74) is 2.24. The first-order valence-electron chi connectivity index (χ1n) is 7.96. The van der Waals surface area contributed by atoms with E-state index in [4.69, 9.17) is 0 Å². The second kappa shape index (κ2) is 8.19. The smallest absolute Gasteiger partial charge is 0.264 e. The van der Waals surface area contributed by atoms with Gasteiger partial charge in [0, 0.05) is 40.2 Å². The van der Waals surface area contributed by atoms with Gasteiger partial charge in [-0.05, 0) is 18.6 Å². The van der Waals surface area contributed by atoms with E-state index in [0.717, 1.165) is 12.1 Å². The number of halogens is 2. The first-order chi connectivity index (χ1) is 12.2. The minimum Gasteiger partial charge on any atom is -0.367 e. The molecule has 8 nitrogen and oxygen atoms in total. The predicted molar refractivity (Wildman–Crippen MR) is 92.8 cm³/mol. The van der Waals surface area contributed by atoms with Gasteiger partial charge in [-0.15, -0.1) is 0 Å². The van der Waals surface area contributed by atoms with Gasteiger partial charge in [0.15, 0.2) is 0 Å². The number of nitrogens with one attached hydrogen (secondary N) is 1. The Hall–Kier alpha value is -2.59. The van der Waals surface area contributed by atoms with E-state index < -0.39 is 17.5 Å². The Labute approximate surface area is 150 Å². The van der Waals surface area contributed by atoms with Crippen molar-refractivity contribution in [3.63, 3.8) is 0 Å². The molecule has 0 aromatic heterocycles. The van der Waals surface area contributed by atoms with Crippen molar-refractivity contribution in [3.8, 4) is 0 Å². The molecule has 0 bridgehead atoms. The fraction of sp³-hybridized carbons (Fsp3) is 0.438.